The van der Waals surface area contributed by atoms with E-state index in [2.05, 4.69) is 21.7 Å². The minimum absolute atomic E-state index is 0.262. The molecule has 24 heavy (non-hydrogen) atoms. The van der Waals surface area contributed by atoms with E-state index >= 15 is 0 Å². The molecular weight excluding hydrogens is 302 g/mol. The molecule has 1 unspecified atom stereocenters. The van der Waals surface area contributed by atoms with E-state index in [0.29, 0.717) is 18.5 Å². The van der Waals surface area contributed by atoms with Crippen LogP contribution >= 0.6 is 0 Å². The number of rotatable bonds is 5. The highest BCUT2D eigenvalue weighted by Crippen LogP contribution is 2.27. The molecule has 0 radical (unpaired) electrons. The number of amides is 1. The van der Waals surface area contributed by atoms with Crippen LogP contribution in [0.2, 0.25) is 0 Å². The predicted molar refractivity (Wildman–Crippen MR) is 92.5 cm³/mol. The molecule has 1 saturated heterocycles. The van der Waals surface area contributed by atoms with Crippen LogP contribution in [0.1, 0.15) is 32.1 Å². The van der Waals surface area contributed by atoms with E-state index in [0.717, 1.165) is 56.4 Å². The summed E-state index contributed by atoms with van der Waals surface area (Å²) in [6, 6.07) is 8.56. The summed E-state index contributed by atoms with van der Waals surface area (Å²) >= 11 is 0. The number of benzene rings is 1. The number of hydrogen-bond acceptors (Lipinski definition) is 4. The number of carbonyl (C=O) groups excluding carboxylic acids is 1. The fourth-order valence-corrected chi connectivity index (χ4v) is 4.03. The number of fused-ring (bicyclic) bond motifs is 1. The van der Waals surface area contributed by atoms with Gasteiger partial charge in [0.05, 0.1) is 12.1 Å². The fraction of sp³-hybridized carbons (Fsp3) is 0.611. The molecule has 1 aromatic carbocycles. The van der Waals surface area contributed by atoms with E-state index in [4.69, 9.17) is 0 Å². The molecule has 6 heteroatoms. The van der Waals surface area contributed by atoms with Gasteiger partial charge in [0.1, 0.15) is 5.52 Å². The summed E-state index contributed by atoms with van der Waals surface area (Å²) in [4.78, 5) is 14.1. The highest BCUT2D eigenvalue weighted by molar-refractivity contribution is 5.78. The zero-order valence-electron chi connectivity index (χ0n) is 14.0. The molecule has 1 aliphatic heterocycles. The maximum absolute atomic E-state index is 12.1. The number of likely N-dealkylation sites (tertiary alicyclic amines) is 1. The summed E-state index contributed by atoms with van der Waals surface area (Å²) < 4.78 is 2.03. The second kappa shape index (κ2) is 6.89. The monoisotopic (exact) mass is 327 g/mol. The van der Waals surface area contributed by atoms with Crippen molar-refractivity contribution in [1.82, 2.24) is 25.2 Å². The van der Waals surface area contributed by atoms with Gasteiger partial charge in [-0.1, -0.05) is 17.3 Å². The lowest BCUT2D eigenvalue weighted by molar-refractivity contribution is -0.129. The first-order chi connectivity index (χ1) is 11.8. The molecule has 0 bridgehead atoms. The molecule has 1 saturated carbocycles. The summed E-state index contributed by atoms with van der Waals surface area (Å²) in [5.74, 6) is 0.868. The standard InChI is InChI=1S/C18H25N5O/c24-18(22-9-3-4-10-22)12-19-15-8-7-14(11-15)13-23-17-6-2-1-5-16(17)20-21-23/h1-2,5-6,14-15,19H,3-4,7-13H2/t14?,15-/m1/s1. The van der Waals surface area contributed by atoms with E-state index in [1.165, 1.54) is 6.42 Å². The SMILES string of the molecule is O=C(CN[C@@H]1CCC(Cn2nnc3ccccc32)C1)N1CCCC1. The predicted octanol–water partition coefficient (Wildman–Crippen LogP) is 1.81. The summed E-state index contributed by atoms with van der Waals surface area (Å²) in [6.07, 6.45) is 5.75. The number of nitrogens with one attached hydrogen (secondary N) is 1. The van der Waals surface area contributed by atoms with Crippen LogP contribution < -0.4 is 5.32 Å². The average molecular weight is 327 g/mol. The van der Waals surface area contributed by atoms with E-state index in [9.17, 15) is 4.79 Å². The molecule has 128 valence electrons. The van der Waals surface area contributed by atoms with Crippen LogP contribution in [0.4, 0.5) is 0 Å². The Bertz CT molecular complexity index is 706. The van der Waals surface area contributed by atoms with Gasteiger partial charge in [-0.15, -0.1) is 5.10 Å². The molecule has 1 N–H and O–H groups in total. The largest absolute Gasteiger partial charge is 0.342 e. The number of carbonyl (C=O) groups is 1. The van der Waals surface area contributed by atoms with Crippen molar-refractivity contribution in [3.8, 4) is 0 Å². The third-order valence-corrected chi connectivity index (χ3v) is 5.39. The Labute approximate surface area is 142 Å². The van der Waals surface area contributed by atoms with Crippen LogP contribution in [0.25, 0.3) is 11.0 Å². The molecule has 2 atom stereocenters. The van der Waals surface area contributed by atoms with Gasteiger partial charge in [0.2, 0.25) is 5.91 Å². The van der Waals surface area contributed by atoms with E-state index < -0.39 is 0 Å². The Kier molecular flexibility index (Phi) is 4.47. The van der Waals surface area contributed by atoms with Crippen molar-refractivity contribution < 1.29 is 4.79 Å². The van der Waals surface area contributed by atoms with Gasteiger partial charge in [0, 0.05) is 25.7 Å². The first kappa shape index (κ1) is 15.6. The number of para-hydroxylation sites is 1. The number of nitrogens with zero attached hydrogens (tertiary/aromatic N) is 4. The smallest absolute Gasteiger partial charge is 0.236 e. The molecule has 0 spiro atoms. The Morgan fingerprint density at radius 3 is 2.92 bits per heavy atom. The second-order valence-corrected chi connectivity index (χ2v) is 7.11. The van der Waals surface area contributed by atoms with Crippen LogP contribution in [-0.4, -0.2) is 51.5 Å². The van der Waals surface area contributed by atoms with Crippen LogP contribution in [-0.2, 0) is 11.3 Å². The van der Waals surface area contributed by atoms with Crippen molar-refractivity contribution in [3.05, 3.63) is 24.3 Å². The van der Waals surface area contributed by atoms with Crippen LogP contribution in [0.5, 0.6) is 0 Å². The van der Waals surface area contributed by atoms with Gasteiger partial charge in [-0.2, -0.15) is 0 Å². The fourth-order valence-electron chi connectivity index (χ4n) is 4.03. The molecule has 2 aliphatic rings. The lowest BCUT2D eigenvalue weighted by Gasteiger charge is -2.18. The number of aromatic nitrogens is 3. The van der Waals surface area contributed by atoms with Crippen molar-refractivity contribution in [1.29, 1.82) is 0 Å². The quantitative estimate of drug-likeness (QED) is 0.910. The van der Waals surface area contributed by atoms with Gasteiger partial charge < -0.3 is 10.2 Å². The third kappa shape index (κ3) is 3.29. The lowest BCUT2D eigenvalue weighted by Crippen LogP contribution is -2.39. The number of hydrogen-bond donors (Lipinski definition) is 1. The summed E-state index contributed by atoms with van der Waals surface area (Å²) in [5, 5.41) is 12.0. The van der Waals surface area contributed by atoms with Crippen molar-refractivity contribution in [2.45, 2.75) is 44.7 Å². The third-order valence-electron chi connectivity index (χ3n) is 5.39. The topological polar surface area (TPSA) is 63.1 Å². The minimum Gasteiger partial charge on any atom is -0.342 e. The molecule has 4 rings (SSSR count). The van der Waals surface area contributed by atoms with Gasteiger partial charge in [-0.3, -0.25) is 4.79 Å². The highest BCUT2D eigenvalue weighted by atomic mass is 16.2. The van der Waals surface area contributed by atoms with Gasteiger partial charge in [-0.05, 0) is 50.2 Å². The Hall–Kier alpha value is -1.95. The van der Waals surface area contributed by atoms with Gasteiger partial charge in [0.15, 0.2) is 0 Å². The average Bonchev–Trinajstić information content (AvgIpc) is 3.35. The van der Waals surface area contributed by atoms with E-state index in [-0.39, 0.29) is 5.91 Å². The van der Waals surface area contributed by atoms with E-state index in [1.54, 1.807) is 0 Å². The second-order valence-electron chi connectivity index (χ2n) is 7.11. The first-order valence-corrected chi connectivity index (χ1v) is 9.09. The normalized spacial score (nSPS) is 24.1. The van der Waals surface area contributed by atoms with Crippen molar-refractivity contribution in [2.75, 3.05) is 19.6 Å². The minimum atomic E-state index is 0.262. The van der Waals surface area contributed by atoms with Crippen molar-refractivity contribution >= 4 is 16.9 Å². The maximum Gasteiger partial charge on any atom is 0.236 e. The molecule has 2 heterocycles. The maximum atomic E-state index is 12.1. The molecular formula is C18H25N5O. The molecule has 1 aliphatic carbocycles. The van der Waals surface area contributed by atoms with E-state index in [1.807, 2.05) is 27.8 Å². The zero-order chi connectivity index (χ0) is 16.4. The van der Waals surface area contributed by atoms with Crippen LogP contribution in [0.15, 0.2) is 24.3 Å². The first-order valence-electron chi connectivity index (χ1n) is 9.09. The summed E-state index contributed by atoms with van der Waals surface area (Å²) in [5.41, 5.74) is 2.07. The molecule has 6 nitrogen and oxygen atoms in total. The Morgan fingerprint density at radius 1 is 1.21 bits per heavy atom. The van der Waals surface area contributed by atoms with Gasteiger partial charge in [0.25, 0.3) is 0 Å². The highest BCUT2D eigenvalue weighted by Gasteiger charge is 2.26. The van der Waals surface area contributed by atoms with Crippen LogP contribution in [0.3, 0.4) is 0 Å². The zero-order valence-corrected chi connectivity index (χ0v) is 14.0. The summed E-state index contributed by atoms with van der Waals surface area (Å²) in [6.45, 7) is 3.28. The molecule has 1 aromatic heterocycles. The molecule has 1 amide bonds. The summed E-state index contributed by atoms with van der Waals surface area (Å²) in [7, 11) is 0. The molecule has 2 aromatic rings. The van der Waals surface area contributed by atoms with Crippen LogP contribution in [0, 0.1) is 5.92 Å². The molecule has 2 fully saturated rings. The van der Waals surface area contributed by atoms with Gasteiger partial charge >= 0.3 is 0 Å². The Morgan fingerprint density at radius 2 is 2.04 bits per heavy atom. The lowest BCUT2D eigenvalue weighted by atomic mass is 10.1. The van der Waals surface area contributed by atoms with Gasteiger partial charge in [-0.25, -0.2) is 4.68 Å². The van der Waals surface area contributed by atoms with Crippen molar-refractivity contribution in [2.24, 2.45) is 5.92 Å². The van der Waals surface area contributed by atoms with Crippen molar-refractivity contribution in [3.63, 3.8) is 0 Å². The Balaban J connectivity index is 1.28.